The number of aliphatic hydroxyl groups excluding tert-OH is 1. The van der Waals surface area contributed by atoms with Gasteiger partial charge in [-0.25, -0.2) is 18.3 Å². The smallest absolute Gasteiger partial charge is 0.387 e. The van der Waals surface area contributed by atoms with Crippen molar-refractivity contribution in [2.45, 2.75) is 24.4 Å². The summed E-state index contributed by atoms with van der Waals surface area (Å²) in [7, 11) is -4.95. The highest BCUT2D eigenvalue weighted by Crippen LogP contribution is 2.41. The van der Waals surface area contributed by atoms with Crippen LogP contribution in [0.2, 0.25) is 0 Å². The van der Waals surface area contributed by atoms with Crippen molar-refractivity contribution in [1.29, 1.82) is 0 Å². The van der Waals surface area contributed by atoms with Gasteiger partial charge in [-0.3, -0.25) is 14.3 Å². The fourth-order valence-corrected chi connectivity index (χ4v) is 2.24. The van der Waals surface area contributed by atoms with Crippen LogP contribution in [0.4, 0.5) is 8.78 Å². The standard InChI is InChI=1S/C9H11F2N2O8P/c10-7-6(15)4(3-20-22(17,18)19)21-9(7,11)13-2-1-5(14)12-8(13)16/h1-2,4,6-7,15H,3H2,(H,12,14,16)(H2,17,18,19)/t4-,6-,7-,9+/m1/s1. The third kappa shape index (κ3) is 3.16. The van der Waals surface area contributed by atoms with Crippen molar-refractivity contribution in [2.24, 2.45) is 0 Å². The number of alkyl halides is 2. The molecule has 1 aromatic heterocycles. The number of hydrogen-bond acceptors (Lipinski definition) is 6. The summed E-state index contributed by atoms with van der Waals surface area (Å²) in [6, 6.07) is 0.727. The first-order chi connectivity index (χ1) is 10.0. The van der Waals surface area contributed by atoms with Gasteiger partial charge in [0, 0.05) is 12.3 Å². The Morgan fingerprint density at radius 2 is 2.14 bits per heavy atom. The van der Waals surface area contributed by atoms with E-state index in [9.17, 15) is 28.0 Å². The van der Waals surface area contributed by atoms with Crippen molar-refractivity contribution in [3.05, 3.63) is 33.1 Å². The maximum atomic E-state index is 14.6. The highest BCUT2D eigenvalue weighted by Gasteiger charge is 2.59. The molecule has 2 heterocycles. The van der Waals surface area contributed by atoms with E-state index in [0.717, 1.165) is 6.07 Å². The van der Waals surface area contributed by atoms with Crippen LogP contribution < -0.4 is 11.2 Å². The largest absolute Gasteiger partial charge is 0.469 e. The Morgan fingerprint density at radius 1 is 1.50 bits per heavy atom. The fraction of sp³-hybridized carbons (Fsp3) is 0.556. The maximum absolute atomic E-state index is 14.6. The van der Waals surface area contributed by atoms with Crippen LogP contribution in [0, 0.1) is 0 Å². The lowest BCUT2D eigenvalue weighted by molar-refractivity contribution is -0.226. The van der Waals surface area contributed by atoms with E-state index in [1.807, 2.05) is 0 Å². The number of phosphoric ester groups is 1. The summed E-state index contributed by atoms with van der Waals surface area (Å²) in [5, 5.41) is 9.54. The summed E-state index contributed by atoms with van der Waals surface area (Å²) >= 11 is 0. The summed E-state index contributed by atoms with van der Waals surface area (Å²) in [6.45, 7) is -1.02. The Hall–Kier alpha value is -1.43. The maximum Gasteiger partial charge on any atom is 0.469 e. The summed E-state index contributed by atoms with van der Waals surface area (Å²) in [5.41, 5.74) is -2.19. The predicted octanol–water partition coefficient (Wildman–Crippen LogP) is -1.68. The molecule has 1 saturated heterocycles. The van der Waals surface area contributed by atoms with Crippen LogP contribution in [0.15, 0.2) is 21.9 Å². The van der Waals surface area contributed by atoms with Crippen LogP contribution in [0.3, 0.4) is 0 Å². The van der Waals surface area contributed by atoms with Gasteiger partial charge in [-0.05, 0) is 0 Å². The summed E-state index contributed by atoms with van der Waals surface area (Å²) in [5.74, 6) is -3.47. The van der Waals surface area contributed by atoms with E-state index in [4.69, 9.17) is 9.79 Å². The van der Waals surface area contributed by atoms with Gasteiger partial charge in [-0.1, -0.05) is 0 Å². The quantitative estimate of drug-likeness (QED) is 0.473. The molecule has 0 saturated carbocycles. The minimum Gasteiger partial charge on any atom is -0.387 e. The predicted molar refractivity (Wildman–Crippen MR) is 64.2 cm³/mol. The van der Waals surface area contributed by atoms with Crippen molar-refractivity contribution >= 4 is 7.82 Å². The molecule has 1 aromatic rings. The minimum absolute atomic E-state index is 0.0692. The summed E-state index contributed by atoms with van der Waals surface area (Å²) < 4.78 is 47.7. The molecule has 1 aliphatic rings. The molecule has 10 nitrogen and oxygen atoms in total. The van der Waals surface area contributed by atoms with Crippen LogP contribution >= 0.6 is 7.82 Å². The van der Waals surface area contributed by atoms with E-state index in [1.165, 1.54) is 0 Å². The number of aromatic nitrogens is 2. The van der Waals surface area contributed by atoms with E-state index in [-0.39, 0.29) is 4.57 Å². The van der Waals surface area contributed by atoms with Gasteiger partial charge in [0.2, 0.25) is 6.17 Å². The fourth-order valence-electron chi connectivity index (χ4n) is 1.90. The second-order valence-corrected chi connectivity index (χ2v) is 5.66. The number of nitrogens with zero attached hydrogens (tertiary/aromatic N) is 1. The number of phosphoric acid groups is 1. The zero-order chi connectivity index (χ0) is 16.7. The Kier molecular flexibility index (Phi) is 4.35. The number of aromatic amines is 1. The molecule has 4 atom stereocenters. The van der Waals surface area contributed by atoms with Gasteiger partial charge in [0.05, 0.1) is 6.61 Å². The van der Waals surface area contributed by atoms with Crippen LogP contribution in [0.25, 0.3) is 0 Å². The first-order valence-corrected chi connectivity index (χ1v) is 7.29. The van der Waals surface area contributed by atoms with E-state index in [2.05, 4.69) is 9.26 Å². The average Bonchev–Trinajstić information content (AvgIpc) is 2.61. The van der Waals surface area contributed by atoms with Crippen molar-refractivity contribution in [3.8, 4) is 0 Å². The number of nitrogens with one attached hydrogen (secondary N) is 1. The lowest BCUT2D eigenvalue weighted by atomic mass is 10.1. The van der Waals surface area contributed by atoms with Crippen molar-refractivity contribution < 1.29 is 37.5 Å². The second kappa shape index (κ2) is 5.65. The highest BCUT2D eigenvalue weighted by molar-refractivity contribution is 7.46. The Morgan fingerprint density at radius 3 is 2.68 bits per heavy atom. The molecule has 0 unspecified atom stereocenters. The van der Waals surface area contributed by atoms with Gasteiger partial charge in [-0.2, -0.15) is 4.39 Å². The zero-order valence-electron chi connectivity index (χ0n) is 10.6. The number of hydrogen-bond donors (Lipinski definition) is 4. The van der Waals surface area contributed by atoms with Crippen LogP contribution in [-0.2, 0) is 19.8 Å². The molecule has 0 amide bonds. The lowest BCUT2D eigenvalue weighted by Gasteiger charge is -2.23. The molecule has 0 radical (unpaired) electrons. The van der Waals surface area contributed by atoms with Crippen LogP contribution in [-0.4, -0.2) is 49.4 Å². The number of halogens is 2. The molecule has 1 fully saturated rings. The molecule has 4 N–H and O–H groups in total. The third-order valence-corrected chi connectivity index (χ3v) is 3.38. The molecule has 0 bridgehead atoms. The first-order valence-electron chi connectivity index (χ1n) is 5.76. The van der Waals surface area contributed by atoms with Crippen molar-refractivity contribution in [2.75, 3.05) is 6.61 Å². The topological polar surface area (TPSA) is 151 Å². The molecule has 0 spiro atoms. The third-order valence-electron chi connectivity index (χ3n) is 2.90. The number of H-pyrrole nitrogens is 1. The van der Waals surface area contributed by atoms with Gasteiger partial charge in [0.25, 0.3) is 5.56 Å². The molecule has 2 rings (SSSR count). The van der Waals surface area contributed by atoms with Gasteiger partial charge >= 0.3 is 19.5 Å². The van der Waals surface area contributed by atoms with Crippen LogP contribution in [0.1, 0.15) is 0 Å². The number of rotatable bonds is 4. The summed E-state index contributed by atoms with van der Waals surface area (Å²) in [4.78, 5) is 41.1. The van der Waals surface area contributed by atoms with E-state index >= 15 is 0 Å². The van der Waals surface area contributed by atoms with Crippen LogP contribution in [0.5, 0.6) is 0 Å². The molecular formula is C9H11F2N2O8P. The van der Waals surface area contributed by atoms with Gasteiger partial charge in [-0.15, -0.1) is 0 Å². The molecule has 13 heteroatoms. The Labute approximate surface area is 120 Å². The van der Waals surface area contributed by atoms with E-state index in [1.54, 1.807) is 4.98 Å². The number of ether oxygens (including phenoxy) is 1. The monoisotopic (exact) mass is 344 g/mol. The molecule has 22 heavy (non-hydrogen) atoms. The zero-order valence-corrected chi connectivity index (χ0v) is 11.5. The molecular weight excluding hydrogens is 333 g/mol. The lowest BCUT2D eigenvalue weighted by Crippen LogP contribution is -2.46. The molecule has 0 aromatic carbocycles. The Bertz CT molecular complexity index is 716. The van der Waals surface area contributed by atoms with Crippen molar-refractivity contribution in [3.63, 3.8) is 0 Å². The molecule has 0 aliphatic carbocycles. The minimum atomic E-state index is -4.95. The van der Waals surface area contributed by atoms with E-state index < -0.39 is 50.0 Å². The number of aliphatic hydroxyl groups is 1. The average molecular weight is 344 g/mol. The molecule has 1 aliphatic heterocycles. The molecule has 124 valence electrons. The second-order valence-electron chi connectivity index (χ2n) is 4.42. The van der Waals surface area contributed by atoms with Gasteiger partial charge < -0.3 is 19.6 Å². The van der Waals surface area contributed by atoms with Gasteiger partial charge in [0.15, 0.2) is 0 Å². The first kappa shape index (κ1) is 16.9. The van der Waals surface area contributed by atoms with Gasteiger partial charge in [0.1, 0.15) is 12.2 Å². The normalized spacial score (nSPS) is 32.3. The Balaban J connectivity index is 2.30. The highest BCUT2D eigenvalue weighted by atomic mass is 31.2. The van der Waals surface area contributed by atoms with Crippen molar-refractivity contribution in [1.82, 2.24) is 9.55 Å². The SMILES string of the molecule is O=c1ccn([C@]2(F)O[C@H](COP(=O)(O)O)[C@@H](O)[C@H]2F)c(=O)[nH]1. The summed E-state index contributed by atoms with van der Waals surface area (Å²) in [6.07, 6.45) is -6.09. The van der Waals surface area contributed by atoms with E-state index in [0.29, 0.717) is 6.20 Å².